The van der Waals surface area contributed by atoms with Crippen molar-refractivity contribution >= 4 is 39.5 Å². The lowest BCUT2D eigenvalue weighted by Crippen LogP contribution is -2.20. The molecule has 0 radical (unpaired) electrons. The molecule has 2 N–H and O–H groups in total. The number of carboxylic acids is 1. The monoisotopic (exact) mass is 447 g/mol. The number of aliphatic hydroxyl groups excluding tert-OH is 1. The molecule has 0 aliphatic carbocycles. The van der Waals surface area contributed by atoms with E-state index in [1.807, 2.05) is 6.07 Å². The third-order valence-electron chi connectivity index (χ3n) is 3.36. The fourth-order valence-corrected chi connectivity index (χ4v) is 2.73. The summed E-state index contributed by atoms with van der Waals surface area (Å²) in [5.74, 6) is -1.24. The number of pyridine rings is 1. The number of hydrogen-bond acceptors (Lipinski definition) is 5. The van der Waals surface area contributed by atoms with E-state index in [0.29, 0.717) is 37.3 Å². The molecule has 24 heavy (non-hydrogen) atoms. The van der Waals surface area contributed by atoms with Crippen LogP contribution in [-0.4, -0.2) is 53.8 Å². The van der Waals surface area contributed by atoms with Crippen molar-refractivity contribution < 1.29 is 24.5 Å². The van der Waals surface area contributed by atoms with Crippen molar-refractivity contribution in [3.8, 4) is 0 Å². The summed E-state index contributed by atoms with van der Waals surface area (Å²) < 4.78 is 13.2. The Hall–Kier alpha value is -1.49. The van der Waals surface area contributed by atoms with Gasteiger partial charge in [-0.15, -0.1) is 0 Å². The van der Waals surface area contributed by atoms with Crippen LogP contribution < -0.4 is 5.43 Å². The summed E-state index contributed by atoms with van der Waals surface area (Å²) in [6.45, 7) is 1.77. The van der Waals surface area contributed by atoms with Crippen molar-refractivity contribution in [3.05, 3.63) is 43.8 Å². The summed E-state index contributed by atoms with van der Waals surface area (Å²) in [6, 6.07) is 5.26. The number of fused-ring (bicyclic) bond motifs is 1. The van der Waals surface area contributed by atoms with Crippen LogP contribution >= 0.6 is 22.6 Å². The molecule has 0 saturated heterocycles. The highest BCUT2D eigenvalue weighted by molar-refractivity contribution is 14.1. The lowest BCUT2D eigenvalue weighted by atomic mass is 10.1. The molecule has 0 bridgehead atoms. The summed E-state index contributed by atoms with van der Waals surface area (Å²) in [5.41, 5.74) is -0.0597. The highest BCUT2D eigenvalue weighted by atomic mass is 127. The maximum Gasteiger partial charge on any atom is 0.341 e. The molecule has 2 rings (SSSR count). The van der Waals surface area contributed by atoms with E-state index < -0.39 is 11.4 Å². The lowest BCUT2D eigenvalue weighted by molar-refractivity contribution is 0.0311. The number of aliphatic hydroxyl groups is 1. The molecule has 2 aromatic rings. The van der Waals surface area contributed by atoms with Gasteiger partial charge in [0, 0.05) is 21.7 Å². The Morgan fingerprint density at radius 2 is 1.88 bits per heavy atom. The molecule has 7 nitrogen and oxygen atoms in total. The van der Waals surface area contributed by atoms with Gasteiger partial charge in [0.1, 0.15) is 5.56 Å². The van der Waals surface area contributed by atoms with Crippen molar-refractivity contribution in [3.63, 3.8) is 0 Å². The van der Waals surface area contributed by atoms with Crippen LogP contribution in [0.5, 0.6) is 0 Å². The van der Waals surface area contributed by atoms with E-state index in [0.717, 1.165) is 3.57 Å². The summed E-state index contributed by atoms with van der Waals surface area (Å²) >= 11 is 2.14. The molecule has 8 heteroatoms. The zero-order valence-corrected chi connectivity index (χ0v) is 15.1. The number of rotatable bonds is 9. The number of aromatic carboxylic acids is 1. The Labute approximate surface area is 151 Å². The highest BCUT2D eigenvalue weighted by Crippen LogP contribution is 2.16. The summed E-state index contributed by atoms with van der Waals surface area (Å²) in [7, 11) is 0. The first kappa shape index (κ1) is 18.8. The van der Waals surface area contributed by atoms with Gasteiger partial charge in [0.15, 0.2) is 0 Å². The number of carboxylic acid groups (broad SMARTS) is 1. The van der Waals surface area contributed by atoms with E-state index in [-0.39, 0.29) is 18.8 Å². The van der Waals surface area contributed by atoms with Crippen LogP contribution in [0, 0.1) is 3.57 Å². The molecule has 0 unspecified atom stereocenters. The van der Waals surface area contributed by atoms with E-state index in [1.54, 1.807) is 16.7 Å². The van der Waals surface area contributed by atoms with Crippen molar-refractivity contribution in [1.29, 1.82) is 0 Å². The Morgan fingerprint density at radius 3 is 2.54 bits per heavy atom. The Bertz CT molecular complexity index is 773. The fourth-order valence-electron chi connectivity index (χ4n) is 2.25. The highest BCUT2D eigenvalue weighted by Gasteiger charge is 2.14. The lowest BCUT2D eigenvalue weighted by Gasteiger charge is -2.13. The molecule has 0 spiro atoms. The van der Waals surface area contributed by atoms with Gasteiger partial charge in [-0.3, -0.25) is 4.79 Å². The molecule has 1 aromatic carbocycles. The fraction of sp³-hybridized carbons (Fsp3) is 0.375. The molecule has 130 valence electrons. The van der Waals surface area contributed by atoms with Crippen molar-refractivity contribution in [2.75, 3.05) is 33.0 Å². The van der Waals surface area contributed by atoms with Gasteiger partial charge < -0.3 is 24.3 Å². The van der Waals surface area contributed by atoms with Crippen LogP contribution in [-0.2, 0) is 16.0 Å². The Balaban J connectivity index is 2.16. The molecule has 0 fully saturated rings. The minimum Gasteiger partial charge on any atom is -0.477 e. The summed E-state index contributed by atoms with van der Waals surface area (Å²) in [4.78, 5) is 23.5. The molecule has 1 heterocycles. The van der Waals surface area contributed by atoms with Crippen LogP contribution in [0.25, 0.3) is 10.9 Å². The number of carbonyl (C=O) groups is 1. The average molecular weight is 447 g/mol. The standard InChI is InChI=1S/C16H18INO6/c17-11-1-2-12-14(9-11)18(10-13(15(12)20)16(21)22)3-5-23-7-8-24-6-4-19/h1-2,9-10,19H,3-8H2,(H,21,22). The number of halogens is 1. The maximum absolute atomic E-state index is 12.2. The third kappa shape index (κ3) is 4.76. The predicted octanol–water partition coefficient (Wildman–Crippen LogP) is 1.33. The van der Waals surface area contributed by atoms with Crippen molar-refractivity contribution in [1.82, 2.24) is 4.57 Å². The van der Waals surface area contributed by atoms with Crippen LogP contribution in [0.2, 0.25) is 0 Å². The Kier molecular flexibility index (Phi) is 7.16. The number of aromatic nitrogens is 1. The van der Waals surface area contributed by atoms with E-state index >= 15 is 0 Å². The van der Waals surface area contributed by atoms with Gasteiger partial charge in [0.05, 0.1) is 38.6 Å². The smallest absolute Gasteiger partial charge is 0.341 e. The molecular weight excluding hydrogens is 429 g/mol. The van der Waals surface area contributed by atoms with Crippen LogP contribution in [0.4, 0.5) is 0 Å². The summed E-state index contributed by atoms with van der Waals surface area (Å²) in [5, 5.41) is 18.2. The second-order valence-electron chi connectivity index (χ2n) is 4.98. The molecule has 0 aliphatic rings. The van der Waals surface area contributed by atoms with Crippen LogP contribution in [0.15, 0.2) is 29.2 Å². The second kappa shape index (κ2) is 9.11. The molecule has 0 aliphatic heterocycles. The number of hydrogen-bond donors (Lipinski definition) is 2. The third-order valence-corrected chi connectivity index (χ3v) is 4.03. The summed E-state index contributed by atoms with van der Waals surface area (Å²) in [6.07, 6.45) is 1.36. The normalized spacial score (nSPS) is 11.1. The SMILES string of the molecule is O=C(O)c1cn(CCOCCOCCO)c2cc(I)ccc2c1=O. The van der Waals surface area contributed by atoms with Gasteiger partial charge in [-0.05, 0) is 40.8 Å². The first-order valence-electron chi connectivity index (χ1n) is 7.37. The Morgan fingerprint density at radius 1 is 1.17 bits per heavy atom. The van der Waals surface area contributed by atoms with E-state index in [2.05, 4.69) is 22.6 Å². The maximum atomic E-state index is 12.2. The van der Waals surface area contributed by atoms with Gasteiger partial charge in [-0.2, -0.15) is 0 Å². The van der Waals surface area contributed by atoms with E-state index in [9.17, 15) is 14.7 Å². The molecular formula is C16H18INO6. The minimum atomic E-state index is -1.24. The minimum absolute atomic E-state index is 0.0278. The number of benzene rings is 1. The largest absolute Gasteiger partial charge is 0.477 e. The van der Waals surface area contributed by atoms with Crippen molar-refractivity contribution in [2.24, 2.45) is 0 Å². The van der Waals surface area contributed by atoms with Crippen molar-refractivity contribution in [2.45, 2.75) is 6.54 Å². The molecule has 0 amide bonds. The topological polar surface area (TPSA) is 98.0 Å². The zero-order chi connectivity index (χ0) is 17.5. The number of nitrogens with zero attached hydrogens (tertiary/aromatic N) is 1. The first-order chi connectivity index (χ1) is 11.5. The van der Waals surface area contributed by atoms with Gasteiger partial charge in [-0.25, -0.2) is 4.79 Å². The van der Waals surface area contributed by atoms with Crippen LogP contribution in [0.3, 0.4) is 0 Å². The van der Waals surface area contributed by atoms with Crippen LogP contribution in [0.1, 0.15) is 10.4 Å². The van der Waals surface area contributed by atoms with Gasteiger partial charge >= 0.3 is 5.97 Å². The molecule has 0 saturated carbocycles. The second-order valence-corrected chi connectivity index (χ2v) is 6.23. The zero-order valence-electron chi connectivity index (χ0n) is 12.9. The van der Waals surface area contributed by atoms with Gasteiger partial charge in [-0.1, -0.05) is 0 Å². The molecule has 1 aromatic heterocycles. The average Bonchev–Trinajstić information content (AvgIpc) is 2.55. The first-order valence-corrected chi connectivity index (χ1v) is 8.45. The van der Waals surface area contributed by atoms with Gasteiger partial charge in [0.25, 0.3) is 0 Å². The number of ether oxygens (including phenoxy) is 2. The molecule has 0 atom stereocenters. The van der Waals surface area contributed by atoms with E-state index in [1.165, 1.54) is 6.20 Å². The quantitative estimate of drug-likeness (QED) is 0.445. The van der Waals surface area contributed by atoms with Gasteiger partial charge in [0.2, 0.25) is 5.43 Å². The van der Waals surface area contributed by atoms with E-state index in [4.69, 9.17) is 14.6 Å². The predicted molar refractivity (Wildman–Crippen MR) is 96.6 cm³/mol.